The van der Waals surface area contributed by atoms with Gasteiger partial charge < -0.3 is 5.32 Å². The highest BCUT2D eigenvalue weighted by Gasteiger charge is 2.15. The van der Waals surface area contributed by atoms with Gasteiger partial charge in [0.15, 0.2) is 0 Å². The molecule has 25 heavy (non-hydrogen) atoms. The number of para-hydroxylation sites is 1. The number of rotatable bonds is 6. The molecule has 0 unspecified atom stereocenters. The third-order valence-electron chi connectivity index (χ3n) is 4.00. The third kappa shape index (κ3) is 4.20. The lowest BCUT2D eigenvalue weighted by Crippen LogP contribution is -2.37. The van der Waals surface area contributed by atoms with Crippen LogP contribution in [0.3, 0.4) is 0 Å². The molecule has 0 aliphatic rings. The molecule has 3 aromatic rings. The molecule has 7 heteroatoms. The number of aromatic nitrogens is 5. The Kier molecular flexibility index (Phi) is 5.03. The second kappa shape index (κ2) is 7.57. The average Bonchev–Trinajstić information content (AvgIpc) is 3.32. The maximum atomic E-state index is 12.1. The van der Waals surface area contributed by atoms with E-state index in [0.717, 1.165) is 11.3 Å². The van der Waals surface area contributed by atoms with Gasteiger partial charge in [0.05, 0.1) is 17.9 Å². The zero-order valence-electron chi connectivity index (χ0n) is 14.1. The van der Waals surface area contributed by atoms with E-state index >= 15 is 0 Å². The van der Waals surface area contributed by atoms with Crippen LogP contribution in [0.15, 0.2) is 61.5 Å². The monoisotopic (exact) mass is 336 g/mol. The van der Waals surface area contributed by atoms with E-state index in [9.17, 15) is 4.79 Å². The van der Waals surface area contributed by atoms with Crippen LogP contribution < -0.4 is 5.32 Å². The van der Waals surface area contributed by atoms with Crippen LogP contribution >= 0.6 is 0 Å². The maximum Gasteiger partial charge on any atom is 0.244 e. The van der Waals surface area contributed by atoms with Crippen molar-refractivity contribution in [3.8, 4) is 5.69 Å². The van der Waals surface area contributed by atoms with Crippen molar-refractivity contribution in [2.75, 3.05) is 0 Å². The summed E-state index contributed by atoms with van der Waals surface area (Å²) in [5, 5.41) is 11.3. The quantitative estimate of drug-likeness (QED) is 0.700. The number of nitrogens with one attached hydrogen (secondary N) is 1. The van der Waals surface area contributed by atoms with Crippen molar-refractivity contribution in [3.63, 3.8) is 0 Å². The number of nitrogens with zero attached hydrogens (tertiary/aromatic N) is 5. The Morgan fingerprint density at radius 2 is 2.00 bits per heavy atom. The Morgan fingerprint density at radius 1 is 1.20 bits per heavy atom. The summed E-state index contributed by atoms with van der Waals surface area (Å²) in [5.74, 6) is -0.160. The minimum Gasteiger partial charge on any atom is -0.348 e. The van der Waals surface area contributed by atoms with Gasteiger partial charge >= 0.3 is 0 Å². The highest BCUT2D eigenvalue weighted by molar-refractivity contribution is 5.91. The fraction of sp³-hybridized carbons (Fsp3) is 0.222. The van der Waals surface area contributed by atoms with Crippen molar-refractivity contribution < 1.29 is 4.79 Å². The Hall–Kier alpha value is -3.22. The Morgan fingerprint density at radius 3 is 2.72 bits per heavy atom. The Bertz CT molecular complexity index is 838. The molecule has 0 aliphatic heterocycles. The van der Waals surface area contributed by atoms with Crippen LogP contribution in [0.5, 0.6) is 0 Å². The average molecular weight is 336 g/mol. The molecule has 2 heterocycles. The lowest BCUT2D eigenvalue weighted by Gasteiger charge is -2.20. The van der Waals surface area contributed by atoms with Gasteiger partial charge in [-0.2, -0.15) is 10.2 Å². The predicted octanol–water partition coefficient (Wildman–Crippen LogP) is 2.24. The standard InChI is InChI=1S/C18H20N6O/c1-14(15(2)24-13-19-12-21-24)22-18(25)9-8-16-10-20-23(11-16)17-6-4-3-5-7-17/h3-15H,1-2H3,(H,22,25)/b9-8+/t14-,15+/m0/s1. The Labute approximate surface area is 146 Å². The molecular formula is C18H20N6O. The largest absolute Gasteiger partial charge is 0.348 e. The summed E-state index contributed by atoms with van der Waals surface area (Å²) in [7, 11) is 0. The lowest BCUT2D eigenvalue weighted by atomic mass is 10.1. The Balaban J connectivity index is 1.58. The molecular weight excluding hydrogens is 316 g/mol. The number of amides is 1. The van der Waals surface area contributed by atoms with E-state index in [0.29, 0.717) is 0 Å². The third-order valence-corrected chi connectivity index (χ3v) is 4.00. The van der Waals surface area contributed by atoms with E-state index in [2.05, 4.69) is 20.5 Å². The van der Waals surface area contributed by atoms with Crippen molar-refractivity contribution in [3.05, 3.63) is 67.0 Å². The van der Waals surface area contributed by atoms with Gasteiger partial charge in [0, 0.05) is 23.9 Å². The van der Waals surface area contributed by atoms with Crippen LogP contribution in [0.4, 0.5) is 0 Å². The van der Waals surface area contributed by atoms with Gasteiger partial charge in [-0.05, 0) is 32.1 Å². The van der Waals surface area contributed by atoms with Gasteiger partial charge in [-0.1, -0.05) is 18.2 Å². The normalized spacial score (nSPS) is 13.7. The maximum absolute atomic E-state index is 12.1. The highest BCUT2D eigenvalue weighted by Crippen LogP contribution is 2.10. The first kappa shape index (κ1) is 16.6. The summed E-state index contributed by atoms with van der Waals surface area (Å²) in [5.41, 5.74) is 1.83. The lowest BCUT2D eigenvalue weighted by molar-refractivity contribution is -0.117. The van der Waals surface area contributed by atoms with Crippen LogP contribution in [0, 0.1) is 0 Å². The van der Waals surface area contributed by atoms with Crippen LogP contribution in [0.1, 0.15) is 25.5 Å². The minimum absolute atomic E-state index is 0.0145. The molecule has 0 fully saturated rings. The molecule has 0 radical (unpaired) electrons. The van der Waals surface area contributed by atoms with Gasteiger partial charge in [0.1, 0.15) is 12.7 Å². The molecule has 0 bridgehead atoms. The first-order chi connectivity index (χ1) is 12.1. The van der Waals surface area contributed by atoms with Crippen LogP contribution in [-0.4, -0.2) is 36.5 Å². The van der Waals surface area contributed by atoms with E-state index in [1.807, 2.05) is 50.4 Å². The second-order valence-corrected chi connectivity index (χ2v) is 5.80. The molecule has 0 saturated heterocycles. The van der Waals surface area contributed by atoms with E-state index in [4.69, 9.17) is 0 Å². The van der Waals surface area contributed by atoms with Gasteiger partial charge in [-0.3, -0.25) is 4.79 Å². The van der Waals surface area contributed by atoms with E-state index in [1.165, 1.54) is 12.4 Å². The summed E-state index contributed by atoms with van der Waals surface area (Å²) < 4.78 is 3.49. The van der Waals surface area contributed by atoms with Gasteiger partial charge in [0.25, 0.3) is 0 Å². The summed E-state index contributed by atoms with van der Waals surface area (Å²) in [6.07, 6.45) is 9.97. The number of benzene rings is 1. The molecule has 0 saturated carbocycles. The van der Waals surface area contributed by atoms with Crippen molar-refractivity contribution in [2.24, 2.45) is 0 Å². The minimum atomic E-state index is -0.160. The van der Waals surface area contributed by atoms with Gasteiger partial charge in [0.2, 0.25) is 5.91 Å². The van der Waals surface area contributed by atoms with Gasteiger partial charge in [-0.15, -0.1) is 0 Å². The molecule has 1 N–H and O–H groups in total. The highest BCUT2D eigenvalue weighted by atomic mass is 16.1. The fourth-order valence-electron chi connectivity index (χ4n) is 2.37. The van der Waals surface area contributed by atoms with Crippen LogP contribution in [0.25, 0.3) is 11.8 Å². The molecule has 1 aromatic carbocycles. The number of hydrogen-bond acceptors (Lipinski definition) is 4. The molecule has 128 valence electrons. The predicted molar refractivity (Wildman–Crippen MR) is 94.9 cm³/mol. The van der Waals surface area contributed by atoms with Crippen molar-refractivity contribution >= 4 is 12.0 Å². The molecule has 2 aromatic heterocycles. The summed E-state index contributed by atoms with van der Waals surface area (Å²) in [6, 6.07) is 9.75. The summed E-state index contributed by atoms with van der Waals surface area (Å²) in [4.78, 5) is 16.0. The number of carbonyl (C=O) groups is 1. The van der Waals surface area contributed by atoms with E-state index in [1.54, 1.807) is 28.0 Å². The number of carbonyl (C=O) groups excluding carboxylic acids is 1. The summed E-state index contributed by atoms with van der Waals surface area (Å²) >= 11 is 0. The molecule has 3 rings (SSSR count). The van der Waals surface area contributed by atoms with Crippen LogP contribution in [-0.2, 0) is 4.79 Å². The fourth-order valence-corrected chi connectivity index (χ4v) is 2.37. The first-order valence-electron chi connectivity index (χ1n) is 8.06. The van der Waals surface area contributed by atoms with E-state index < -0.39 is 0 Å². The molecule has 1 amide bonds. The van der Waals surface area contributed by atoms with E-state index in [-0.39, 0.29) is 18.0 Å². The SMILES string of the molecule is C[C@H](NC(=O)/C=C/c1cnn(-c2ccccc2)c1)[C@@H](C)n1cncn1. The van der Waals surface area contributed by atoms with Crippen molar-refractivity contribution in [2.45, 2.75) is 25.9 Å². The topological polar surface area (TPSA) is 77.6 Å². The molecule has 7 nitrogen and oxygen atoms in total. The van der Waals surface area contributed by atoms with Gasteiger partial charge in [-0.25, -0.2) is 14.3 Å². The number of hydrogen-bond donors (Lipinski definition) is 1. The second-order valence-electron chi connectivity index (χ2n) is 5.80. The zero-order valence-corrected chi connectivity index (χ0v) is 14.1. The molecule has 0 spiro atoms. The smallest absolute Gasteiger partial charge is 0.244 e. The van der Waals surface area contributed by atoms with Crippen LogP contribution in [0.2, 0.25) is 0 Å². The zero-order chi connectivity index (χ0) is 17.6. The first-order valence-corrected chi connectivity index (χ1v) is 8.06. The molecule has 0 aliphatic carbocycles. The summed E-state index contributed by atoms with van der Waals surface area (Å²) in [6.45, 7) is 3.92. The molecule has 2 atom stereocenters. The van der Waals surface area contributed by atoms with Crippen molar-refractivity contribution in [1.29, 1.82) is 0 Å². The van der Waals surface area contributed by atoms with Crippen molar-refractivity contribution in [1.82, 2.24) is 29.9 Å².